The number of carbonyl (C=O) groups excluding carboxylic acids is 5. The van der Waals surface area contributed by atoms with Crippen LogP contribution in [0.15, 0.2) is 60.7 Å². The van der Waals surface area contributed by atoms with Crippen LogP contribution >= 0.6 is 11.8 Å². The highest BCUT2D eigenvalue weighted by Crippen LogP contribution is 2.36. The van der Waals surface area contributed by atoms with Crippen molar-refractivity contribution in [3.05, 3.63) is 66.2 Å². The third-order valence-corrected chi connectivity index (χ3v) is 12.9. The van der Waals surface area contributed by atoms with E-state index in [9.17, 15) is 24.0 Å². The summed E-state index contributed by atoms with van der Waals surface area (Å²) >= 11 is 1.89. The SMILES string of the molecule is CCC(=O)N(c1ccccc1)C1(C(=O)OCCCC(=O)NCCOCCOCCOCCNC(=O)CCCC[C@@H]2SC[C@@H]3NC(=O)N[C@@H]32)CCN(CCc2ccccc2)CC1.[HH].[HH]. The summed E-state index contributed by atoms with van der Waals surface area (Å²) in [6, 6.07) is 20.0. The molecule has 3 saturated heterocycles. The number of anilines is 1. The fourth-order valence-corrected chi connectivity index (χ4v) is 9.56. The predicted octanol–water partition coefficient (Wildman–Crippen LogP) is 4.33. The Hall–Kier alpha value is -4.22. The molecule has 2 aromatic carbocycles. The van der Waals surface area contributed by atoms with Gasteiger partial charge >= 0.3 is 12.0 Å². The molecular weight excluding hydrogens is 801 g/mol. The highest BCUT2D eigenvalue weighted by atomic mass is 32.2. The second-order valence-corrected chi connectivity index (χ2v) is 16.9. The van der Waals surface area contributed by atoms with Crippen LogP contribution in [0.2, 0.25) is 0 Å². The van der Waals surface area contributed by atoms with Crippen molar-refractivity contribution >= 4 is 47.2 Å². The number of hydrogen-bond acceptors (Lipinski definition) is 11. The van der Waals surface area contributed by atoms with Gasteiger partial charge in [-0.25, -0.2) is 9.59 Å². The molecule has 0 spiro atoms. The van der Waals surface area contributed by atoms with E-state index in [4.69, 9.17) is 18.9 Å². The molecule has 3 fully saturated rings. The molecule has 4 N–H and O–H groups in total. The van der Waals surface area contributed by atoms with Gasteiger partial charge in [0.25, 0.3) is 0 Å². The summed E-state index contributed by atoms with van der Waals surface area (Å²) in [7, 11) is 0. The minimum Gasteiger partial charge on any atom is -0.464 e. The zero-order chi connectivity index (χ0) is 43.1. The van der Waals surface area contributed by atoms with Crippen LogP contribution in [0.3, 0.4) is 0 Å². The summed E-state index contributed by atoms with van der Waals surface area (Å²) in [6.07, 6.45) is 5.86. The molecule has 16 heteroatoms. The number of rotatable bonds is 28. The number of carbonyl (C=O) groups is 5. The number of amides is 5. The summed E-state index contributed by atoms with van der Waals surface area (Å²) < 4.78 is 22.5. The maximum atomic E-state index is 14.0. The number of nitrogens with one attached hydrogen (secondary N) is 4. The summed E-state index contributed by atoms with van der Waals surface area (Å²) in [6.45, 7) is 7.17. The van der Waals surface area contributed by atoms with Crippen molar-refractivity contribution in [3.8, 4) is 0 Å². The number of unbranched alkanes of at least 4 members (excludes halogenated alkanes) is 1. The first-order valence-corrected chi connectivity index (χ1v) is 23.1. The summed E-state index contributed by atoms with van der Waals surface area (Å²) in [4.78, 5) is 67.6. The van der Waals surface area contributed by atoms with E-state index in [-0.39, 0.29) is 58.1 Å². The van der Waals surface area contributed by atoms with Gasteiger partial charge in [-0.1, -0.05) is 61.9 Å². The Morgan fingerprint density at radius 2 is 1.41 bits per heavy atom. The van der Waals surface area contributed by atoms with Gasteiger partial charge in [-0.05, 0) is 56.2 Å². The Labute approximate surface area is 368 Å². The van der Waals surface area contributed by atoms with E-state index >= 15 is 0 Å². The van der Waals surface area contributed by atoms with Gasteiger partial charge < -0.3 is 45.1 Å². The third kappa shape index (κ3) is 15.6. The van der Waals surface area contributed by atoms with Gasteiger partial charge in [0.15, 0.2) is 0 Å². The van der Waals surface area contributed by atoms with Crippen molar-refractivity contribution < 1.29 is 45.8 Å². The number of hydrogen-bond donors (Lipinski definition) is 4. The van der Waals surface area contributed by atoms with E-state index in [1.165, 1.54) is 5.56 Å². The van der Waals surface area contributed by atoms with E-state index < -0.39 is 11.5 Å². The Morgan fingerprint density at radius 3 is 2.05 bits per heavy atom. The van der Waals surface area contributed by atoms with Gasteiger partial charge in [-0.15, -0.1) is 0 Å². The molecule has 2 aromatic rings. The van der Waals surface area contributed by atoms with Crippen LogP contribution in [-0.4, -0.2) is 142 Å². The van der Waals surface area contributed by atoms with Gasteiger partial charge in [0, 0.05) is 71.5 Å². The Balaban J connectivity index is 0.00000528. The first-order chi connectivity index (χ1) is 29.8. The lowest BCUT2D eigenvalue weighted by Gasteiger charge is -2.46. The number of likely N-dealkylation sites (tertiary alicyclic amines) is 1. The average molecular weight is 871 g/mol. The van der Waals surface area contributed by atoms with Crippen LogP contribution in [-0.2, 0) is 44.5 Å². The molecule has 0 saturated carbocycles. The maximum Gasteiger partial charge on any atom is 0.332 e. The maximum absolute atomic E-state index is 14.0. The fourth-order valence-electron chi connectivity index (χ4n) is 8.01. The molecule has 0 unspecified atom stereocenters. The number of fused-ring (bicyclic) bond motifs is 1. The van der Waals surface area contributed by atoms with Crippen molar-refractivity contribution in [1.29, 1.82) is 0 Å². The molecule has 3 atom stereocenters. The summed E-state index contributed by atoms with van der Waals surface area (Å²) in [5.74, 6) is 0.246. The number of ether oxygens (including phenoxy) is 4. The van der Waals surface area contributed by atoms with E-state index in [1.54, 1.807) is 11.8 Å². The average Bonchev–Trinajstić information content (AvgIpc) is 3.84. The monoisotopic (exact) mass is 870 g/mol. The molecule has 3 heterocycles. The molecule has 3 aliphatic rings. The second kappa shape index (κ2) is 26.3. The quantitative estimate of drug-likeness (QED) is 0.0544. The Morgan fingerprint density at radius 1 is 0.803 bits per heavy atom. The van der Waals surface area contributed by atoms with Gasteiger partial charge in [0.2, 0.25) is 17.7 Å². The second-order valence-electron chi connectivity index (χ2n) is 15.7. The minimum absolute atomic E-state index is 0. The number of para-hydroxylation sites is 1. The number of piperidine rings is 1. The molecule has 3 aliphatic heterocycles. The zero-order valence-corrected chi connectivity index (χ0v) is 36.6. The molecule has 0 bridgehead atoms. The third-order valence-electron chi connectivity index (χ3n) is 11.4. The van der Waals surface area contributed by atoms with E-state index in [0.717, 1.165) is 38.0 Å². The van der Waals surface area contributed by atoms with Crippen LogP contribution in [0.25, 0.3) is 0 Å². The number of thioether (sulfide) groups is 1. The number of benzene rings is 2. The molecule has 0 aliphatic carbocycles. The lowest BCUT2D eigenvalue weighted by atomic mass is 9.84. The first-order valence-electron chi connectivity index (χ1n) is 22.1. The molecule has 0 radical (unpaired) electrons. The van der Waals surface area contributed by atoms with Crippen LogP contribution in [0.5, 0.6) is 0 Å². The van der Waals surface area contributed by atoms with Crippen molar-refractivity contribution in [2.75, 3.05) is 89.6 Å². The van der Waals surface area contributed by atoms with Gasteiger partial charge in [-0.3, -0.25) is 19.3 Å². The fraction of sp³-hybridized carbons (Fsp3) is 0.622. The number of urea groups is 1. The summed E-state index contributed by atoms with van der Waals surface area (Å²) in [5, 5.41) is 12.1. The largest absolute Gasteiger partial charge is 0.464 e. The minimum atomic E-state index is -1.13. The Kier molecular flexibility index (Phi) is 20.6. The van der Waals surface area contributed by atoms with Crippen LogP contribution in [0.1, 0.15) is 73.1 Å². The van der Waals surface area contributed by atoms with Crippen LogP contribution in [0, 0.1) is 0 Å². The molecule has 15 nitrogen and oxygen atoms in total. The molecule has 5 rings (SSSR count). The first kappa shape index (κ1) is 47.8. The topological polar surface area (TPSA) is 177 Å². The van der Waals surface area contributed by atoms with Gasteiger partial charge in [0.1, 0.15) is 5.54 Å². The zero-order valence-electron chi connectivity index (χ0n) is 35.7. The normalized spacial score (nSPS) is 19.4. The van der Waals surface area contributed by atoms with E-state index in [2.05, 4.69) is 38.3 Å². The van der Waals surface area contributed by atoms with Crippen LogP contribution in [0.4, 0.5) is 10.5 Å². The van der Waals surface area contributed by atoms with Crippen molar-refractivity contribution in [2.24, 2.45) is 0 Å². The van der Waals surface area contributed by atoms with Crippen molar-refractivity contribution in [1.82, 2.24) is 26.2 Å². The summed E-state index contributed by atoms with van der Waals surface area (Å²) in [5.41, 5.74) is 0.806. The smallest absolute Gasteiger partial charge is 0.332 e. The van der Waals surface area contributed by atoms with Gasteiger partial charge in [0.05, 0.1) is 58.3 Å². The highest BCUT2D eigenvalue weighted by Gasteiger charge is 2.50. The van der Waals surface area contributed by atoms with Crippen molar-refractivity contribution in [3.63, 3.8) is 0 Å². The predicted molar refractivity (Wildman–Crippen MR) is 240 cm³/mol. The lowest BCUT2D eigenvalue weighted by Crippen LogP contribution is -2.63. The number of nitrogens with zero attached hydrogens (tertiary/aromatic N) is 2. The van der Waals surface area contributed by atoms with Crippen LogP contribution < -0.4 is 26.2 Å². The Bertz CT molecular complexity index is 1660. The molecule has 340 valence electrons. The van der Waals surface area contributed by atoms with Crippen molar-refractivity contribution in [2.45, 2.75) is 94.0 Å². The number of esters is 1. The molecular formula is C45H70N6O9S. The molecule has 61 heavy (non-hydrogen) atoms. The van der Waals surface area contributed by atoms with Gasteiger partial charge in [-0.2, -0.15) is 11.8 Å². The molecule has 0 aromatic heterocycles. The van der Waals surface area contributed by atoms with E-state index in [0.29, 0.717) is 102 Å². The lowest BCUT2D eigenvalue weighted by molar-refractivity contribution is -0.154. The van der Waals surface area contributed by atoms with E-state index in [1.807, 2.05) is 60.3 Å². The highest BCUT2D eigenvalue weighted by molar-refractivity contribution is 8.00. The molecule has 5 amide bonds. The standard InChI is InChI=1S/C45H66N6O9S.2H2/c1-2-41(54)51(36-14-7-4-8-15-36)45(20-25-50(26-21-45)24-19-35-12-5-3-6-13-35)43(55)60-27-11-18-40(53)47-23-29-58-31-33-59-32-30-57-28-22-46-39(52)17-10-9-16-38-42-37(34-61-38)48-44(56)49-42;;/h3-8,12-15,37-38,42H,2,9-11,16-34H2,1H3,(H,46,52)(H,47,53)(H2,48,49,56);2*1H/t37-,38-,42-;;/m0../s1.